The fourth-order valence-electron chi connectivity index (χ4n) is 2.88. The second kappa shape index (κ2) is 13.1. The van der Waals surface area contributed by atoms with E-state index in [0.717, 1.165) is 0 Å². The first-order valence-electron chi connectivity index (χ1n) is 10.3. The molecule has 1 aromatic carbocycles. The fraction of sp³-hybridized carbons (Fsp3) is 0.476. The maximum absolute atomic E-state index is 12.9. The minimum absolute atomic E-state index is 0.0239. The largest absolute Gasteiger partial charge is 0.480 e. The van der Waals surface area contributed by atoms with Crippen molar-refractivity contribution in [3.05, 3.63) is 35.9 Å². The zero-order valence-electron chi connectivity index (χ0n) is 18.5. The van der Waals surface area contributed by atoms with Crippen molar-refractivity contribution >= 4 is 29.6 Å². The van der Waals surface area contributed by atoms with Crippen LogP contribution in [0.2, 0.25) is 0 Å². The minimum atomic E-state index is -1.47. The zero-order valence-corrected chi connectivity index (χ0v) is 18.5. The van der Waals surface area contributed by atoms with Gasteiger partial charge in [0.2, 0.25) is 23.6 Å². The number of rotatable bonds is 13. The van der Waals surface area contributed by atoms with Crippen molar-refractivity contribution in [2.45, 2.75) is 50.9 Å². The number of carbonyl (C=O) groups excluding carboxylic acids is 4. The molecule has 0 heterocycles. The van der Waals surface area contributed by atoms with Crippen LogP contribution in [0.1, 0.15) is 25.8 Å². The summed E-state index contributed by atoms with van der Waals surface area (Å²) in [5, 5.41) is 25.9. The number of aliphatic carboxylic acids is 1. The predicted molar refractivity (Wildman–Crippen MR) is 117 cm³/mol. The molecule has 182 valence electrons. The van der Waals surface area contributed by atoms with Crippen LogP contribution in [-0.4, -0.2) is 70.6 Å². The van der Waals surface area contributed by atoms with Gasteiger partial charge in [0.1, 0.15) is 18.1 Å². The third kappa shape index (κ3) is 9.25. The highest BCUT2D eigenvalue weighted by atomic mass is 16.4. The average Bonchev–Trinajstić information content (AvgIpc) is 2.74. The van der Waals surface area contributed by atoms with Crippen molar-refractivity contribution in [3.63, 3.8) is 0 Å². The monoisotopic (exact) mass is 465 g/mol. The fourth-order valence-corrected chi connectivity index (χ4v) is 2.88. The molecule has 0 fully saturated rings. The van der Waals surface area contributed by atoms with E-state index in [1.54, 1.807) is 44.2 Å². The molecule has 9 N–H and O–H groups in total. The molecule has 0 spiro atoms. The van der Waals surface area contributed by atoms with E-state index in [-0.39, 0.29) is 6.42 Å². The maximum Gasteiger partial charge on any atom is 0.326 e. The molecule has 12 nitrogen and oxygen atoms in total. The molecule has 0 aliphatic heterocycles. The van der Waals surface area contributed by atoms with Crippen LogP contribution in [0.25, 0.3) is 0 Å². The first-order valence-corrected chi connectivity index (χ1v) is 10.3. The highest BCUT2D eigenvalue weighted by molar-refractivity contribution is 5.95. The zero-order chi connectivity index (χ0) is 25.1. The quantitative estimate of drug-likeness (QED) is 0.167. The van der Waals surface area contributed by atoms with E-state index in [1.807, 2.05) is 0 Å². The van der Waals surface area contributed by atoms with Gasteiger partial charge in [0.15, 0.2) is 0 Å². The molecule has 1 aromatic rings. The van der Waals surface area contributed by atoms with E-state index in [4.69, 9.17) is 11.5 Å². The van der Waals surface area contributed by atoms with E-state index >= 15 is 0 Å². The van der Waals surface area contributed by atoms with Crippen molar-refractivity contribution in [1.29, 1.82) is 0 Å². The maximum atomic E-state index is 12.9. The predicted octanol–water partition coefficient (Wildman–Crippen LogP) is -2.38. The van der Waals surface area contributed by atoms with Crippen LogP contribution in [-0.2, 0) is 30.4 Å². The van der Waals surface area contributed by atoms with Crippen LogP contribution in [0.3, 0.4) is 0 Å². The summed E-state index contributed by atoms with van der Waals surface area (Å²) < 4.78 is 0. The Morgan fingerprint density at radius 1 is 0.909 bits per heavy atom. The number of aliphatic hydroxyl groups excluding tert-OH is 1. The lowest BCUT2D eigenvalue weighted by atomic mass is 10.0. The summed E-state index contributed by atoms with van der Waals surface area (Å²) in [7, 11) is 0. The van der Waals surface area contributed by atoms with Gasteiger partial charge in [0, 0.05) is 6.42 Å². The summed E-state index contributed by atoms with van der Waals surface area (Å²) in [5.41, 5.74) is 11.2. The van der Waals surface area contributed by atoms with E-state index in [0.29, 0.717) is 5.56 Å². The third-order valence-corrected chi connectivity index (χ3v) is 4.72. The Hall–Kier alpha value is -3.51. The number of carbonyl (C=O) groups is 5. The molecule has 33 heavy (non-hydrogen) atoms. The summed E-state index contributed by atoms with van der Waals surface area (Å²) in [4.78, 5) is 60.0. The van der Waals surface area contributed by atoms with Gasteiger partial charge in [-0.2, -0.15) is 0 Å². The van der Waals surface area contributed by atoms with Crippen molar-refractivity contribution in [2.75, 3.05) is 6.61 Å². The molecule has 1 rings (SSSR count). The standard InChI is InChI=1S/C21H31N5O7/c1-11(2)17(21(32)33)26-19(30)14(8-12-6-4-3-5-7-12)24-20(31)15(10-27)25-18(29)13(22)9-16(23)28/h3-7,11,13-15,17,27H,8-10,22H2,1-2H3,(H2,23,28)(H,24,31)(H,25,29)(H,26,30)(H,32,33). The molecule has 0 aliphatic carbocycles. The van der Waals surface area contributed by atoms with E-state index in [1.165, 1.54) is 0 Å². The van der Waals surface area contributed by atoms with Crippen LogP contribution in [0, 0.1) is 5.92 Å². The van der Waals surface area contributed by atoms with Crippen molar-refractivity contribution in [1.82, 2.24) is 16.0 Å². The second-order valence-corrected chi connectivity index (χ2v) is 7.84. The van der Waals surface area contributed by atoms with Crippen molar-refractivity contribution < 1.29 is 34.2 Å². The van der Waals surface area contributed by atoms with Gasteiger partial charge in [-0.3, -0.25) is 19.2 Å². The number of aliphatic hydroxyl groups is 1. The Kier molecular flexibility index (Phi) is 11.0. The first-order chi connectivity index (χ1) is 15.5. The van der Waals surface area contributed by atoms with Gasteiger partial charge in [-0.1, -0.05) is 44.2 Å². The number of hydrogen-bond acceptors (Lipinski definition) is 7. The molecule has 12 heteroatoms. The molecule has 0 aliphatic rings. The van der Waals surface area contributed by atoms with Gasteiger partial charge in [0.05, 0.1) is 19.1 Å². The molecule has 4 atom stereocenters. The topological polar surface area (TPSA) is 214 Å². The Bertz CT molecular complexity index is 847. The average molecular weight is 466 g/mol. The Balaban J connectivity index is 3.01. The Labute approximate surface area is 191 Å². The van der Waals surface area contributed by atoms with Gasteiger partial charge < -0.3 is 37.6 Å². The molecule has 0 saturated carbocycles. The van der Waals surface area contributed by atoms with Gasteiger partial charge in [-0.25, -0.2) is 4.79 Å². The Morgan fingerprint density at radius 2 is 1.45 bits per heavy atom. The van der Waals surface area contributed by atoms with Gasteiger partial charge in [-0.15, -0.1) is 0 Å². The number of hydrogen-bond donors (Lipinski definition) is 7. The summed E-state index contributed by atoms with van der Waals surface area (Å²) in [5.74, 6) is -5.01. The van der Waals surface area contributed by atoms with Crippen LogP contribution in [0.4, 0.5) is 0 Å². The first kappa shape index (κ1) is 27.5. The molecular formula is C21H31N5O7. The summed E-state index contributed by atoms with van der Waals surface area (Å²) in [6.45, 7) is 2.43. The number of nitrogens with one attached hydrogen (secondary N) is 3. The smallest absolute Gasteiger partial charge is 0.326 e. The van der Waals surface area contributed by atoms with Crippen LogP contribution in [0.5, 0.6) is 0 Å². The molecule has 4 unspecified atom stereocenters. The number of nitrogens with two attached hydrogens (primary N) is 2. The molecule has 0 saturated heterocycles. The van der Waals surface area contributed by atoms with Crippen molar-refractivity contribution in [3.8, 4) is 0 Å². The lowest BCUT2D eigenvalue weighted by Gasteiger charge is -2.25. The second-order valence-electron chi connectivity index (χ2n) is 7.84. The SMILES string of the molecule is CC(C)C(NC(=O)C(Cc1ccccc1)NC(=O)C(CO)NC(=O)C(N)CC(N)=O)C(=O)O. The number of carboxylic acids is 1. The minimum Gasteiger partial charge on any atom is -0.480 e. The number of amides is 4. The van der Waals surface area contributed by atoms with Gasteiger partial charge >= 0.3 is 5.97 Å². The summed E-state index contributed by atoms with van der Waals surface area (Å²) in [6.07, 6.45) is -0.438. The van der Waals surface area contributed by atoms with Gasteiger partial charge in [-0.05, 0) is 11.5 Å². The van der Waals surface area contributed by atoms with E-state index in [9.17, 15) is 34.2 Å². The molecular weight excluding hydrogens is 434 g/mol. The van der Waals surface area contributed by atoms with Crippen LogP contribution in [0.15, 0.2) is 30.3 Å². The number of primary amides is 1. The molecule has 0 bridgehead atoms. The summed E-state index contributed by atoms with van der Waals surface area (Å²) >= 11 is 0. The third-order valence-electron chi connectivity index (χ3n) is 4.72. The Morgan fingerprint density at radius 3 is 1.94 bits per heavy atom. The van der Waals surface area contributed by atoms with Crippen molar-refractivity contribution in [2.24, 2.45) is 17.4 Å². The lowest BCUT2D eigenvalue weighted by molar-refractivity contribution is -0.143. The number of carboxylic acid groups (broad SMARTS) is 1. The highest BCUT2D eigenvalue weighted by Crippen LogP contribution is 2.07. The van der Waals surface area contributed by atoms with E-state index in [2.05, 4.69) is 16.0 Å². The molecule has 0 aromatic heterocycles. The summed E-state index contributed by atoms with van der Waals surface area (Å²) in [6, 6.07) is 3.49. The van der Waals surface area contributed by atoms with Crippen LogP contribution >= 0.6 is 0 Å². The molecule has 4 amide bonds. The lowest BCUT2D eigenvalue weighted by Crippen LogP contribution is -2.59. The highest BCUT2D eigenvalue weighted by Gasteiger charge is 2.31. The van der Waals surface area contributed by atoms with Crippen LogP contribution < -0.4 is 27.4 Å². The molecule has 0 radical (unpaired) electrons. The number of benzene rings is 1. The normalized spacial score (nSPS) is 14.5. The van der Waals surface area contributed by atoms with E-state index < -0.39 is 72.7 Å². The van der Waals surface area contributed by atoms with Gasteiger partial charge in [0.25, 0.3) is 0 Å².